The summed E-state index contributed by atoms with van der Waals surface area (Å²) in [6.07, 6.45) is 74.3. The van der Waals surface area contributed by atoms with Crippen molar-refractivity contribution in [1.82, 2.24) is 0 Å². The van der Waals surface area contributed by atoms with Gasteiger partial charge in [0.05, 0.1) is 0 Å². The maximum atomic E-state index is 12.9. The SMILES string of the molecule is CC/C=C/C=C/C=C/CCCCCCCC(=O)OCC(COC(=O)CCCCCCCC/C=C/C/C=C/C/C=C/C/C=C/CC)OC(=O)CCCCCCCCCCCCCCCCCCCCC. The van der Waals surface area contributed by atoms with Crippen molar-refractivity contribution in [2.45, 2.75) is 284 Å². The quantitative estimate of drug-likeness (QED) is 0.0199. The zero-order valence-electron chi connectivity index (χ0n) is 45.3. The van der Waals surface area contributed by atoms with Crippen LogP contribution in [-0.4, -0.2) is 37.2 Å². The maximum Gasteiger partial charge on any atom is 0.306 e. The van der Waals surface area contributed by atoms with Gasteiger partial charge in [0.25, 0.3) is 0 Å². The Hall–Kier alpha value is -3.41. The molecular formula is C63H108O6. The second kappa shape index (κ2) is 57.2. The lowest BCUT2D eigenvalue weighted by molar-refractivity contribution is -0.167. The molecule has 6 nitrogen and oxygen atoms in total. The number of hydrogen-bond donors (Lipinski definition) is 0. The number of rotatable bonds is 52. The van der Waals surface area contributed by atoms with Crippen molar-refractivity contribution in [2.75, 3.05) is 13.2 Å². The molecule has 0 N–H and O–H groups in total. The van der Waals surface area contributed by atoms with Crippen LogP contribution in [0.15, 0.2) is 85.1 Å². The molecule has 0 amide bonds. The summed E-state index contributed by atoms with van der Waals surface area (Å²) in [6.45, 7) is 6.39. The Morgan fingerprint density at radius 2 is 0.638 bits per heavy atom. The van der Waals surface area contributed by atoms with E-state index in [2.05, 4.69) is 106 Å². The lowest BCUT2D eigenvalue weighted by Gasteiger charge is -2.18. The first-order valence-electron chi connectivity index (χ1n) is 29.1. The maximum absolute atomic E-state index is 12.9. The van der Waals surface area contributed by atoms with Gasteiger partial charge in [-0.15, -0.1) is 0 Å². The first-order chi connectivity index (χ1) is 34.0. The number of unbranched alkanes of at least 4 members (excludes halogenated alkanes) is 29. The first-order valence-corrected chi connectivity index (χ1v) is 29.1. The highest BCUT2D eigenvalue weighted by molar-refractivity contribution is 5.71. The van der Waals surface area contributed by atoms with Crippen LogP contribution in [0.2, 0.25) is 0 Å². The third kappa shape index (κ3) is 55.4. The fraction of sp³-hybridized carbons (Fsp3) is 0.730. The molecule has 69 heavy (non-hydrogen) atoms. The molecule has 0 aromatic heterocycles. The average molecular weight is 962 g/mol. The van der Waals surface area contributed by atoms with E-state index < -0.39 is 6.10 Å². The van der Waals surface area contributed by atoms with E-state index in [0.717, 1.165) is 116 Å². The van der Waals surface area contributed by atoms with E-state index >= 15 is 0 Å². The molecule has 6 heteroatoms. The largest absolute Gasteiger partial charge is 0.462 e. The molecule has 0 aliphatic carbocycles. The minimum absolute atomic E-state index is 0.0893. The van der Waals surface area contributed by atoms with Crippen LogP contribution in [0.5, 0.6) is 0 Å². The monoisotopic (exact) mass is 961 g/mol. The van der Waals surface area contributed by atoms with E-state index in [1.807, 2.05) is 0 Å². The van der Waals surface area contributed by atoms with Gasteiger partial charge < -0.3 is 14.2 Å². The van der Waals surface area contributed by atoms with Gasteiger partial charge >= 0.3 is 17.9 Å². The lowest BCUT2D eigenvalue weighted by atomic mass is 10.0. The van der Waals surface area contributed by atoms with Gasteiger partial charge in [0, 0.05) is 19.3 Å². The summed E-state index contributed by atoms with van der Waals surface area (Å²) in [4.78, 5) is 38.2. The van der Waals surface area contributed by atoms with Gasteiger partial charge in [-0.2, -0.15) is 0 Å². The van der Waals surface area contributed by atoms with Crippen LogP contribution >= 0.6 is 0 Å². The highest BCUT2D eigenvalue weighted by atomic mass is 16.6. The molecular weight excluding hydrogens is 853 g/mol. The molecule has 0 aliphatic heterocycles. The highest BCUT2D eigenvalue weighted by Crippen LogP contribution is 2.16. The van der Waals surface area contributed by atoms with Crippen molar-refractivity contribution in [2.24, 2.45) is 0 Å². The summed E-state index contributed by atoms with van der Waals surface area (Å²) >= 11 is 0. The van der Waals surface area contributed by atoms with E-state index in [4.69, 9.17) is 14.2 Å². The summed E-state index contributed by atoms with van der Waals surface area (Å²) < 4.78 is 16.9. The molecule has 1 unspecified atom stereocenters. The Morgan fingerprint density at radius 1 is 0.319 bits per heavy atom. The molecule has 0 spiro atoms. The number of ether oxygens (including phenoxy) is 3. The van der Waals surface area contributed by atoms with Crippen molar-refractivity contribution in [3.63, 3.8) is 0 Å². The summed E-state index contributed by atoms with van der Waals surface area (Å²) in [5.41, 5.74) is 0. The number of allylic oxidation sites excluding steroid dienone is 14. The van der Waals surface area contributed by atoms with E-state index in [1.54, 1.807) is 0 Å². The van der Waals surface area contributed by atoms with Gasteiger partial charge in [-0.25, -0.2) is 0 Å². The first kappa shape index (κ1) is 65.6. The minimum atomic E-state index is -0.790. The van der Waals surface area contributed by atoms with Crippen LogP contribution in [0, 0.1) is 0 Å². The van der Waals surface area contributed by atoms with Crippen molar-refractivity contribution in [1.29, 1.82) is 0 Å². The summed E-state index contributed by atoms with van der Waals surface area (Å²) in [5.74, 6) is -0.914. The Kier molecular flexibility index (Phi) is 54.3. The van der Waals surface area contributed by atoms with E-state index in [-0.39, 0.29) is 31.1 Å². The van der Waals surface area contributed by atoms with Gasteiger partial charge in [-0.3, -0.25) is 14.4 Å². The lowest BCUT2D eigenvalue weighted by Crippen LogP contribution is -2.30. The Labute approximate surface area is 426 Å². The minimum Gasteiger partial charge on any atom is -0.462 e. The van der Waals surface area contributed by atoms with Crippen LogP contribution in [0.3, 0.4) is 0 Å². The van der Waals surface area contributed by atoms with E-state index in [9.17, 15) is 14.4 Å². The number of hydrogen-bond acceptors (Lipinski definition) is 6. The Bertz CT molecular complexity index is 1330. The van der Waals surface area contributed by atoms with E-state index in [0.29, 0.717) is 19.3 Å². The second-order valence-corrected chi connectivity index (χ2v) is 19.2. The summed E-state index contributed by atoms with van der Waals surface area (Å²) in [6, 6.07) is 0. The van der Waals surface area contributed by atoms with Gasteiger partial charge in [0.1, 0.15) is 13.2 Å². The molecule has 0 saturated heterocycles. The standard InChI is InChI=1S/C63H108O6/c1-4-7-10-13-16-19-22-25-27-29-31-33-35-38-41-44-47-50-53-56-62(65)68-59-60(58-67-61(64)55-52-49-46-43-40-37-24-21-18-15-12-9-6-3)69-63(66)57-54-51-48-45-42-39-36-34-32-30-28-26-23-20-17-14-11-8-5-2/h7,9-10,12,15-16,18-19,21,24-25,27,31,33,60H,4-6,8,11,13-14,17,20,22-23,26,28-30,32,34-59H2,1-3H3/b10-7+,12-9+,18-15+,19-16+,24-21+,27-25+,33-31+. The zero-order valence-corrected chi connectivity index (χ0v) is 45.3. The Balaban J connectivity index is 4.38. The summed E-state index contributed by atoms with van der Waals surface area (Å²) in [7, 11) is 0. The average Bonchev–Trinajstić information content (AvgIpc) is 3.35. The van der Waals surface area contributed by atoms with E-state index in [1.165, 1.54) is 122 Å². The third-order valence-corrected chi connectivity index (χ3v) is 12.5. The number of carbonyl (C=O) groups excluding carboxylic acids is 3. The molecule has 0 aromatic rings. The molecule has 0 radical (unpaired) electrons. The fourth-order valence-corrected chi connectivity index (χ4v) is 8.14. The second-order valence-electron chi connectivity index (χ2n) is 19.2. The molecule has 0 bridgehead atoms. The molecule has 0 heterocycles. The molecule has 0 fully saturated rings. The Morgan fingerprint density at radius 3 is 1.04 bits per heavy atom. The van der Waals surface area contributed by atoms with Crippen LogP contribution < -0.4 is 0 Å². The van der Waals surface area contributed by atoms with Crippen LogP contribution in [0.4, 0.5) is 0 Å². The van der Waals surface area contributed by atoms with Crippen LogP contribution in [0.1, 0.15) is 278 Å². The third-order valence-electron chi connectivity index (χ3n) is 12.5. The fourth-order valence-electron chi connectivity index (χ4n) is 8.14. The summed E-state index contributed by atoms with van der Waals surface area (Å²) in [5, 5.41) is 0. The highest BCUT2D eigenvalue weighted by Gasteiger charge is 2.19. The topological polar surface area (TPSA) is 78.9 Å². The van der Waals surface area contributed by atoms with Crippen LogP contribution in [0.25, 0.3) is 0 Å². The van der Waals surface area contributed by atoms with Crippen LogP contribution in [-0.2, 0) is 28.6 Å². The van der Waals surface area contributed by atoms with Crippen molar-refractivity contribution in [3.05, 3.63) is 85.1 Å². The predicted molar refractivity (Wildman–Crippen MR) is 297 cm³/mol. The molecule has 396 valence electrons. The molecule has 0 saturated carbocycles. The molecule has 0 rings (SSSR count). The molecule has 0 aliphatic rings. The smallest absolute Gasteiger partial charge is 0.306 e. The van der Waals surface area contributed by atoms with Gasteiger partial charge in [-0.1, -0.05) is 266 Å². The van der Waals surface area contributed by atoms with Gasteiger partial charge in [-0.05, 0) is 77.0 Å². The normalized spacial score (nSPS) is 12.7. The molecule has 1 atom stereocenters. The predicted octanol–water partition coefficient (Wildman–Crippen LogP) is 19.5. The number of carbonyl (C=O) groups is 3. The zero-order chi connectivity index (χ0) is 50.0. The van der Waals surface area contributed by atoms with Gasteiger partial charge in [0.15, 0.2) is 6.10 Å². The number of esters is 3. The van der Waals surface area contributed by atoms with Crippen molar-refractivity contribution < 1.29 is 28.6 Å². The van der Waals surface area contributed by atoms with Gasteiger partial charge in [0.2, 0.25) is 0 Å². The van der Waals surface area contributed by atoms with Crippen molar-refractivity contribution in [3.8, 4) is 0 Å². The molecule has 0 aromatic carbocycles. The van der Waals surface area contributed by atoms with Crippen molar-refractivity contribution >= 4 is 17.9 Å².